The first-order chi connectivity index (χ1) is 7.54. The lowest BCUT2D eigenvalue weighted by atomic mass is 10.2. The predicted molar refractivity (Wildman–Crippen MR) is 60.1 cm³/mol. The second-order valence-corrected chi connectivity index (χ2v) is 3.94. The average Bonchev–Trinajstić information content (AvgIpc) is 2.23. The minimum atomic E-state index is -0.872. The molecule has 1 N–H and O–H groups in total. The van der Waals surface area contributed by atoms with E-state index < -0.39 is 5.97 Å². The number of rotatable bonds is 4. The van der Waals surface area contributed by atoms with Gasteiger partial charge in [-0.25, -0.2) is 4.79 Å². The highest BCUT2D eigenvalue weighted by Crippen LogP contribution is 2.04. The van der Waals surface area contributed by atoms with Crippen LogP contribution in [0.1, 0.15) is 13.3 Å². The van der Waals surface area contributed by atoms with E-state index in [2.05, 4.69) is 0 Å². The smallest absolute Gasteiger partial charge is 0.331 e. The molecule has 0 bridgehead atoms. The second-order valence-electron chi connectivity index (χ2n) is 3.94. The lowest BCUT2D eigenvalue weighted by Gasteiger charge is -2.31. The van der Waals surface area contributed by atoms with Gasteiger partial charge in [0, 0.05) is 32.3 Å². The number of carbonyl (C=O) groups excluding carboxylic acids is 1. The van der Waals surface area contributed by atoms with E-state index in [0.29, 0.717) is 31.6 Å². The molecule has 1 rings (SSSR count). The van der Waals surface area contributed by atoms with Gasteiger partial charge in [0.25, 0.3) is 0 Å². The predicted octanol–water partition coefficient (Wildman–Crippen LogP) is 0.181. The van der Waals surface area contributed by atoms with Crippen molar-refractivity contribution >= 4 is 11.9 Å². The SMILES string of the molecule is CCC(=CCN1CCN(C)C(=O)C1)C(=O)O. The van der Waals surface area contributed by atoms with E-state index in [-0.39, 0.29) is 5.91 Å². The zero-order valence-electron chi connectivity index (χ0n) is 9.77. The fourth-order valence-corrected chi connectivity index (χ4v) is 1.59. The van der Waals surface area contributed by atoms with Crippen LogP contribution in [0.2, 0.25) is 0 Å². The maximum absolute atomic E-state index is 11.4. The summed E-state index contributed by atoms with van der Waals surface area (Å²) in [5, 5.41) is 8.83. The van der Waals surface area contributed by atoms with Gasteiger partial charge in [0.1, 0.15) is 0 Å². The Balaban J connectivity index is 2.49. The standard InChI is InChI=1S/C11H18N2O3/c1-3-9(11(15)16)4-5-13-7-6-12(2)10(14)8-13/h4H,3,5-8H2,1-2H3,(H,15,16). The van der Waals surface area contributed by atoms with Crippen molar-refractivity contribution in [1.29, 1.82) is 0 Å². The molecule has 90 valence electrons. The van der Waals surface area contributed by atoms with Crippen LogP contribution in [-0.4, -0.2) is 60.0 Å². The van der Waals surface area contributed by atoms with E-state index in [1.54, 1.807) is 18.0 Å². The Bertz CT molecular complexity index is 312. The summed E-state index contributed by atoms with van der Waals surface area (Å²) in [6.07, 6.45) is 2.21. The molecule has 0 atom stereocenters. The van der Waals surface area contributed by atoms with Gasteiger partial charge in [-0.1, -0.05) is 13.0 Å². The summed E-state index contributed by atoms with van der Waals surface area (Å²) in [5.74, 6) is -0.782. The number of carboxylic acid groups (broad SMARTS) is 1. The average molecular weight is 226 g/mol. The number of hydrogen-bond acceptors (Lipinski definition) is 3. The van der Waals surface area contributed by atoms with E-state index >= 15 is 0 Å². The monoisotopic (exact) mass is 226 g/mol. The molecule has 5 nitrogen and oxygen atoms in total. The first kappa shape index (κ1) is 12.7. The topological polar surface area (TPSA) is 60.9 Å². The molecular weight excluding hydrogens is 208 g/mol. The number of nitrogens with zero attached hydrogens (tertiary/aromatic N) is 2. The Kier molecular flexibility index (Phi) is 4.49. The molecule has 0 spiro atoms. The van der Waals surface area contributed by atoms with Crippen molar-refractivity contribution in [3.63, 3.8) is 0 Å². The first-order valence-corrected chi connectivity index (χ1v) is 5.43. The maximum Gasteiger partial charge on any atom is 0.331 e. The molecule has 1 saturated heterocycles. The molecule has 0 aromatic rings. The number of carboxylic acids is 1. The summed E-state index contributed by atoms with van der Waals surface area (Å²) >= 11 is 0. The van der Waals surface area contributed by atoms with Crippen LogP contribution in [-0.2, 0) is 9.59 Å². The fourth-order valence-electron chi connectivity index (χ4n) is 1.59. The summed E-state index contributed by atoms with van der Waals surface area (Å²) < 4.78 is 0. The Morgan fingerprint density at radius 1 is 1.50 bits per heavy atom. The van der Waals surface area contributed by atoms with Gasteiger partial charge in [-0.05, 0) is 6.42 Å². The number of carbonyl (C=O) groups is 2. The molecule has 0 saturated carbocycles. The van der Waals surface area contributed by atoms with Crippen LogP contribution >= 0.6 is 0 Å². The van der Waals surface area contributed by atoms with E-state index in [0.717, 1.165) is 6.54 Å². The molecule has 1 heterocycles. The number of hydrogen-bond donors (Lipinski definition) is 1. The molecule has 0 aromatic heterocycles. The van der Waals surface area contributed by atoms with Gasteiger partial charge in [-0.3, -0.25) is 9.69 Å². The van der Waals surface area contributed by atoms with Crippen LogP contribution in [0.15, 0.2) is 11.6 Å². The van der Waals surface area contributed by atoms with Gasteiger partial charge < -0.3 is 10.0 Å². The molecule has 1 aliphatic heterocycles. The molecule has 0 aliphatic carbocycles. The van der Waals surface area contributed by atoms with Crippen molar-refractivity contribution in [2.24, 2.45) is 0 Å². The van der Waals surface area contributed by atoms with E-state index in [9.17, 15) is 9.59 Å². The largest absolute Gasteiger partial charge is 0.478 e. The lowest BCUT2D eigenvalue weighted by Crippen LogP contribution is -2.48. The summed E-state index contributed by atoms with van der Waals surface area (Å²) in [5.41, 5.74) is 0.409. The highest BCUT2D eigenvalue weighted by Gasteiger charge is 2.20. The zero-order chi connectivity index (χ0) is 12.1. The Morgan fingerprint density at radius 3 is 2.69 bits per heavy atom. The molecule has 0 radical (unpaired) electrons. The van der Waals surface area contributed by atoms with Crippen molar-refractivity contribution < 1.29 is 14.7 Å². The van der Waals surface area contributed by atoms with E-state index in [1.807, 2.05) is 11.8 Å². The first-order valence-electron chi connectivity index (χ1n) is 5.43. The number of likely N-dealkylation sites (N-methyl/N-ethyl adjacent to an activating group) is 1. The van der Waals surface area contributed by atoms with Crippen LogP contribution in [0.5, 0.6) is 0 Å². The highest BCUT2D eigenvalue weighted by molar-refractivity contribution is 5.86. The van der Waals surface area contributed by atoms with Gasteiger partial charge >= 0.3 is 5.97 Å². The van der Waals surface area contributed by atoms with Crippen molar-refractivity contribution in [1.82, 2.24) is 9.80 Å². The minimum Gasteiger partial charge on any atom is -0.478 e. The van der Waals surface area contributed by atoms with E-state index in [1.165, 1.54) is 0 Å². The maximum atomic E-state index is 11.4. The van der Waals surface area contributed by atoms with Crippen LogP contribution in [0.4, 0.5) is 0 Å². The second kappa shape index (κ2) is 5.65. The number of amides is 1. The third-order valence-electron chi connectivity index (χ3n) is 2.79. The van der Waals surface area contributed by atoms with Gasteiger partial charge in [-0.2, -0.15) is 0 Å². The minimum absolute atomic E-state index is 0.0908. The molecule has 1 fully saturated rings. The molecular formula is C11H18N2O3. The third-order valence-corrected chi connectivity index (χ3v) is 2.79. The van der Waals surface area contributed by atoms with Crippen molar-refractivity contribution in [2.45, 2.75) is 13.3 Å². The Hall–Kier alpha value is -1.36. The molecule has 0 aromatic carbocycles. The van der Waals surface area contributed by atoms with Crippen molar-refractivity contribution in [3.8, 4) is 0 Å². The Morgan fingerprint density at radius 2 is 2.19 bits per heavy atom. The molecule has 0 unspecified atom stereocenters. The van der Waals surface area contributed by atoms with Gasteiger partial charge in [0.05, 0.1) is 6.54 Å². The Labute approximate surface area is 95.3 Å². The zero-order valence-corrected chi connectivity index (χ0v) is 9.77. The third kappa shape index (κ3) is 3.34. The van der Waals surface area contributed by atoms with Crippen molar-refractivity contribution in [2.75, 3.05) is 33.2 Å². The summed E-state index contributed by atoms with van der Waals surface area (Å²) in [6.45, 7) is 4.24. The van der Waals surface area contributed by atoms with Gasteiger partial charge in [0.15, 0.2) is 0 Å². The van der Waals surface area contributed by atoms with Crippen LogP contribution < -0.4 is 0 Å². The molecule has 1 amide bonds. The van der Waals surface area contributed by atoms with Crippen LogP contribution in [0.25, 0.3) is 0 Å². The molecule has 16 heavy (non-hydrogen) atoms. The fraction of sp³-hybridized carbons (Fsp3) is 0.636. The molecule has 1 aliphatic rings. The number of aliphatic carboxylic acids is 1. The number of piperazine rings is 1. The normalized spacial score (nSPS) is 19.0. The van der Waals surface area contributed by atoms with Crippen molar-refractivity contribution in [3.05, 3.63) is 11.6 Å². The molecule has 5 heteroatoms. The summed E-state index contributed by atoms with van der Waals surface area (Å²) in [4.78, 5) is 25.8. The van der Waals surface area contributed by atoms with Crippen LogP contribution in [0.3, 0.4) is 0 Å². The highest BCUT2D eigenvalue weighted by atomic mass is 16.4. The quantitative estimate of drug-likeness (QED) is 0.695. The lowest BCUT2D eigenvalue weighted by molar-refractivity contribution is -0.134. The van der Waals surface area contributed by atoms with Crippen LogP contribution in [0, 0.1) is 0 Å². The van der Waals surface area contributed by atoms with E-state index in [4.69, 9.17) is 5.11 Å². The van der Waals surface area contributed by atoms with Gasteiger partial charge in [-0.15, -0.1) is 0 Å². The summed E-state index contributed by atoms with van der Waals surface area (Å²) in [6, 6.07) is 0. The summed E-state index contributed by atoms with van der Waals surface area (Å²) in [7, 11) is 1.78. The van der Waals surface area contributed by atoms with Gasteiger partial charge in [0.2, 0.25) is 5.91 Å².